The SMILES string of the molecule is O=C1CC(S)CN1CCCN1CCC(O)CC1. The van der Waals surface area contributed by atoms with Crippen LogP contribution >= 0.6 is 12.6 Å². The van der Waals surface area contributed by atoms with Gasteiger partial charge in [-0.15, -0.1) is 0 Å². The van der Waals surface area contributed by atoms with Crippen LogP contribution in [-0.2, 0) is 4.79 Å². The second kappa shape index (κ2) is 6.07. The molecule has 0 bridgehead atoms. The molecular weight excluding hydrogens is 236 g/mol. The van der Waals surface area contributed by atoms with Crippen molar-refractivity contribution >= 4 is 18.5 Å². The molecule has 17 heavy (non-hydrogen) atoms. The van der Waals surface area contributed by atoms with Crippen LogP contribution in [0.3, 0.4) is 0 Å². The molecule has 0 aromatic heterocycles. The number of carbonyl (C=O) groups excluding carboxylic acids is 1. The minimum absolute atomic E-state index is 0.101. The summed E-state index contributed by atoms with van der Waals surface area (Å²) in [6.07, 6.45) is 3.31. The van der Waals surface area contributed by atoms with E-state index in [0.29, 0.717) is 6.42 Å². The molecule has 0 aromatic carbocycles. The summed E-state index contributed by atoms with van der Waals surface area (Å²) in [5, 5.41) is 9.63. The van der Waals surface area contributed by atoms with Crippen LogP contribution in [0, 0.1) is 0 Å². The van der Waals surface area contributed by atoms with E-state index in [0.717, 1.165) is 52.0 Å². The number of hydrogen-bond donors (Lipinski definition) is 2. The van der Waals surface area contributed by atoms with Crippen molar-refractivity contribution in [2.24, 2.45) is 0 Å². The summed E-state index contributed by atoms with van der Waals surface area (Å²) < 4.78 is 0. The Morgan fingerprint density at radius 1 is 1.29 bits per heavy atom. The number of hydrogen-bond acceptors (Lipinski definition) is 4. The third-order valence-electron chi connectivity index (χ3n) is 3.65. The van der Waals surface area contributed by atoms with E-state index in [2.05, 4.69) is 17.5 Å². The first kappa shape index (κ1) is 13.2. The van der Waals surface area contributed by atoms with Crippen LogP contribution in [0.25, 0.3) is 0 Å². The van der Waals surface area contributed by atoms with Crippen molar-refractivity contribution in [2.75, 3.05) is 32.7 Å². The van der Waals surface area contributed by atoms with Crippen LogP contribution in [0.15, 0.2) is 0 Å². The van der Waals surface area contributed by atoms with Gasteiger partial charge in [-0.3, -0.25) is 4.79 Å². The van der Waals surface area contributed by atoms with Crippen molar-refractivity contribution in [1.29, 1.82) is 0 Å². The van der Waals surface area contributed by atoms with Crippen LogP contribution in [0.2, 0.25) is 0 Å². The number of thiol groups is 1. The predicted molar refractivity (Wildman–Crippen MR) is 70.3 cm³/mol. The van der Waals surface area contributed by atoms with Crippen molar-refractivity contribution in [3.05, 3.63) is 0 Å². The van der Waals surface area contributed by atoms with E-state index in [-0.39, 0.29) is 17.3 Å². The second-order valence-corrected chi connectivity index (χ2v) is 5.85. The Labute approximate surface area is 108 Å². The molecule has 2 rings (SSSR count). The van der Waals surface area contributed by atoms with Crippen molar-refractivity contribution in [2.45, 2.75) is 37.0 Å². The first-order chi connectivity index (χ1) is 8.15. The zero-order valence-corrected chi connectivity index (χ0v) is 11.1. The molecule has 1 unspecified atom stereocenters. The quantitative estimate of drug-likeness (QED) is 0.716. The zero-order valence-electron chi connectivity index (χ0n) is 10.2. The molecule has 0 radical (unpaired) electrons. The summed E-state index contributed by atoms with van der Waals surface area (Å²) in [6.45, 7) is 4.68. The molecule has 5 heteroatoms. The molecule has 98 valence electrons. The fraction of sp³-hybridized carbons (Fsp3) is 0.917. The summed E-state index contributed by atoms with van der Waals surface area (Å²) in [4.78, 5) is 15.8. The van der Waals surface area contributed by atoms with E-state index in [1.165, 1.54) is 0 Å². The van der Waals surface area contributed by atoms with E-state index in [1.807, 2.05) is 4.90 Å². The number of likely N-dealkylation sites (tertiary alicyclic amines) is 2. The molecule has 2 aliphatic rings. The van der Waals surface area contributed by atoms with Gasteiger partial charge in [0.2, 0.25) is 5.91 Å². The molecule has 2 saturated heterocycles. The second-order valence-electron chi connectivity index (χ2n) is 5.12. The topological polar surface area (TPSA) is 43.8 Å². The fourth-order valence-corrected chi connectivity index (χ4v) is 2.95. The molecule has 0 aromatic rings. The molecule has 1 N–H and O–H groups in total. The summed E-state index contributed by atoms with van der Waals surface area (Å²) in [7, 11) is 0. The van der Waals surface area contributed by atoms with Gasteiger partial charge in [0.05, 0.1) is 6.10 Å². The predicted octanol–water partition coefficient (Wildman–Crippen LogP) is 0.364. The van der Waals surface area contributed by atoms with Gasteiger partial charge >= 0.3 is 0 Å². The van der Waals surface area contributed by atoms with Gasteiger partial charge in [-0.1, -0.05) is 0 Å². The van der Waals surface area contributed by atoms with Crippen LogP contribution in [0.5, 0.6) is 0 Å². The van der Waals surface area contributed by atoms with E-state index in [9.17, 15) is 9.90 Å². The largest absolute Gasteiger partial charge is 0.393 e. The Hall–Kier alpha value is -0.260. The van der Waals surface area contributed by atoms with Crippen molar-refractivity contribution in [3.8, 4) is 0 Å². The number of piperidine rings is 1. The van der Waals surface area contributed by atoms with Gasteiger partial charge < -0.3 is 14.9 Å². The van der Waals surface area contributed by atoms with E-state index < -0.39 is 0 Å². The van der Waals surface area contributed by atoms with Gasteiger partial charge in [-0.05, 0) is 25.8 Å². The lowest BCUT2D eigenvalue weighted by atomic mass is 10.1. The van der Waals surface area contributed by atoms with Gasteiger partial charge in [-0.2, -0.15) is 12.6 Å². The highest BCUT2D eigenvalue weighted by atomic mass is 32.1. The summed E-state index contributed by atoms with van der Waals surface area (Å²) in [5.41, 5.74) is 0. The molecule has 2 fully saturated rings. The van der Waals surface area contributed by atoms with E-state index >= 15 is 0 Å². The molecular formula is C12H22N2O2S. The standard InChI is InChI=1S/C12H22N2O2S/c15-10-2-6-13(7-3-10)4-1-5-14-9-11(17)8-12(14)16/h10-11,15,17H,1-9H2. The molecule has 2 aliphatic heterocycles. The molecule has 0 spiro atoms. The summed E-state index contributed by atoms with van der Waals surface area (Å²) in [6, 6.07) is 0. The first-order valence-corrected chi connectivity index (χ1v) is 7.03. The van der Waals surface area contributed by atoms with Crippen LogP contribution in [0.4, 0.5) is 0 Å². The van der Waals surface area contributed by atoms with Gasteiger partial charge in [0, 0.05) is 37.8 Å². The van der Waals surface area contributed by atoms with Gasteiger partial charge in [0.1, 0.15) is 0 Å². The maximum absolute atomic E-state index is 11.5. The van der Waals surface area contributed by atoms with Crippen molar-refractivity contribution < 1.29 is 9.90 Å². The fourth-order valence-electron chi connectivity index (χ4n) is 2.60. The van der Waals surface area contributed by atoms with Crippen molar-refractivity contribution in [1.82, 2.24) is 9.80 Å². The molecule has 4 nitrogen and oxygen atoms in total. The summed E-state index contributed by atoms with van der Waals surface area (Å²) >= 11 is 4.34. The molecule has 0 saturated carbocycles. The Morgan fingerprint density at radius 3 is 2.59 bits per heavy atom. The highest BCUT2D eigenvalue weighted by molar-refractivity contribution is 7.81. The average molecular weight is 258 g/mol. The van der Waals surface area contributed by atoms with Crippen LogP contribution in [0.1, 0.15) is 25.7 Å². The van der Waals surface area contributed by atoms with E-state index in [4.69, 9.17) is 0 Å². The maximum atomic E-state index is 11.5. The number of amides is 1. The lowest BCUT2D eigenvalue weighted by Crippen LogP contribution is -2.37. The highest BCUT2D eigenvalue weighted by Gasteiger charge is 2.26. The first-order valence-electron chi connectivity index (χ1n) is 6.51. The van der Waals surface area contributed by atoms with Gasteiger partial charge in [0.15, 0.2) is 0 Å². The normalized spacial score (nSPS) is 28.0. The average Bonchev–Trinajstić information content (AvgIpc) is 2.60. The van der Waals surface area contributed by atoms with Crippen LogP contribution in [-0.4, -0.2) is 64.9 Å². The Kier molecular flexibility index (Phi) is 4.70. The highest BCUT2D eigenvalue weighted by Crippen LogP contribution is 2.16. The molecule has 0 aliphatic carbocycles. The van der Waals surface area contributed by atoms with Crippen molar-refractivity contribution in [3.63, 3.8) is 0 Å². The minimum Gasteiger partial charge on any atom is -0.393 e. The monoisotopic (exact) mass is 258 g/mol. The van der Waals surface area contributed by atoms with Crippen LogP contribution < -0.4 is 0 Å². The minimum atomic E-state index is -0.101. The number of carbonyl (C=O) groups is 1. The Bertz CT molecular complexity index is 267. The number of nitrogens with zero attached hydrogens (tertiary/aromatic N) is 2. The third kappa shape index (κ3) is 3.86. The molecule has 1 atom stereocenters. The lowest BCUT2D eigenvalue weighted by molar-refractivity contribution is -0.127. The maximum Gasteiger partial charge on any atom is 0.223 e. The molecule has 1 amide bonds. The third-order valence-corrected chi connectivity index (χ3v) is 4.00. The van der Waals surface area contributed by atoms with Gasteiger partial charge in [0.25, 0.3) is 0 Å². The number of rotatable bonds is 4. The Morgan fingerprint density at radius 2 is 2.00 bits per heavy atom. The smallest absolute Gasteiger partial charge is 0.223 e. The lowest BCUT2D eigenvalue weighted by Gasteiger charge is -2.29. The Balaban J connectivity index is 1.61. The summed E-state index contributed by atoms with van der Waals surface area (Å²) in [5.74, 6) is 0.249. The molecule has 2 heterocycles. The number of aliphatic hydroxyl groups is 1. The van der Waals surface area contributed by atoms with E-state index in [1.54, 1.807) is 0 Å². The number of aliphatic hydroxyl groups excluding tert-OH is 1. The van der Waals surface area contributed by atoms with Gasteiger partial charge in [-0.25, -0.2) is 0 Å². The zero-order chi connectivity index (χ0) is 12.3.